The standard InChI is InChI=1S/C15H25N3/c1-13(7-6-10-16-2)18-12-11-17(3)14-8-4-5-9-15(14)18/h4-5,8-9,13,16H,6-7,10-12H2,1-3H3. The van der Waals surface area contributed by atoms with Crippen LogP contribution in [0, 0.1) is 0 Å². The fourth-order valence-electron chi connectivity index (χ4n) is 2.72. The van der Waals surface area contributed by atoms with Gasteiger partial charge in [-0.15, -0.1) is 0 Å². The Kier molecular flexibility index (Phi) is 4.48. The molecule has 0 saturated heterocycles. The summed E-state index contributed by atoms with van der Waals surface area (Å²) in [6.45, 7) is 5.71. The van der Waals surface area contributed by atoms with Crippen molar-refractivity contribution in [2.24, 2.45) is 0 Å². The lowest BCUT2D eigenvalue weighted by Crippen LogP contribution is -2.44. The molecule has 3 heteroatoms. The van der Waals surface area contributed by atoms with Gasteiger partial charge in [-0.25, -0.2) is 0 Å². The highest BCUT2D eigenvalue weighted by Gasteiger charge is 2.23. The number of rotatable bonds is 5. The van der Waals surface area contributed by atoms with Crippen LogP contribution in [0.5, 0.6) is 0 Å². The van der Waals surface area contributed by atoms with Crippen LogP contribution in [0.25, 0.3) is 0 Å². The Hall–Kier alpha value is -1.22. The second-order valence-corrected chi connectivity index (χ2v) is 5.20. The molecule has 0 saturated carbocycles. The van der Waals surface area contributed by atoms with Gasteiger partial charge in [0.15, 0.2) is 0 Å². The van der Waals surface area contributed by atoms with Gasteiger partial charge in [0, 0.05) is 26.2 Å². The van der Waals surface area contributed by atoms with E-state index < -0.39 is 0 Å². The van der Waals surface area contributed by atoms with E-state index >= 15 is 0 Å². The van der Waals surface area contributed by atoms with Gasteiger partial charge in [-0.2, -0.15) is 0 Å². The van der Waals surface area contributed by atoms with E-state index in [1.165, 1.54) is 24.2 Å². The first-order chi connectivity index (χ1) is 8.74. The Morgan fingerprint density at radius 3 is 2.67 bits per heavy atom. The average Bonchev–Trinajstić information content (AvgIpc) is 2.39. The average molecular weight is 247 g/mol. The Labute approximate surface area is 111 Å². The number of nitrogens with one attached hydrogen (secondary N) is 1. The lowest BCUT2D eigenvalue weighted by atomic mass is 10.1. The molecule has 0 radical (unpaired) electrons. The van der Waals surface area contributed by atoms with Crippen LogP contribution in [-0.2, 0) is 0 Å². The van der Waals surface area contributed by atoms with E-state index in [-0.39, 0.29) is 0 Å². The SMILES string of the molecule is CNCCCC(C)N1CCN(C)c2ccccc21. The first kappa shape index (κ1) is 13.2. The number of likely N-dealkylation sites (N-methyl/N-ethyl adjacent to an activating group) is 1. The summed E-state index contributed by atoms with van der Waals surface area (Å²) in [6, 6.07) is 9.37. The molecule has 1 unspecified atom stereocenters. The predicted molar refractivity (Wildman–Crippen MR) is 79.7 cm³/mol. The summed E-state index contributed by atoms with van der Waals surface area (Å²) in [4.78, 5) is 4.91. The second kappa shape index (κ2) is 6.10. The topological polar surface area (TPSA) is 18.5 Å². The van der Waals surface area contributed by atoms with Crippen LogP contribution in [0.2, 0.25) is 0 Å². The van der Waals surface area contributed by atoms with E-state index in [9.17, 15) is 0 Å². The van der Waals surface area contributed by atoms with Gasteiger partial charge >= 0.3 is 0 Å². The molecule has 18 heavy (non-hydrogen) atoms. The minimum Gasteiger partial charge on any atom is -0.371 e. The molecule has 1 N–H and O–H groups in total. The van der Waals surface area contributed by atoms with Gasteiger partial charge in [0.2, 0.25) is 0 Å². The maximum absolute atomic E-state index is 3.23. The molecule has 1 atom stereocenters. The molecule has 1 heterocycles. The fraction of sp³-hybridized carbons (Fsp3) is 0.600. The van der Waals surface area contributed by atoms with Crippen molar-refractivity contribution in [1.82, 2.24) is 5.32 Å². The monoisotopic (exact) mass is 247 g/mol. The lowest BCUT2D eigenvalue weighted by Gasteiger charge is -2.40. The molecule has 1 aromatic carbocycles. The van der Waals surface area contributed by atoms with E-state index in [2.05, 4.69) is 53.4 Å². The summed E-state index contributed by atoms with van der Waals surface area (Å²) < 4.78 is 0. The van der Waals surface area contributed by atoms with Crippen molar-refractivity contribution in [3.05, 3.63) is 24.3 Å². The van der Waals surface area contributed by atoms with Crippen molar-refractivity contribution in [1.29, 1.82) is 0 Å². The third kappa shape index (κ3) is 2.78. The van der Waals surface area contributed by atoms with Crippen molar-refractivity contribution in [2.75, 3.05) is 43.5 Å². The minimum absolute atomic E-state index is 0.619. The van der Waals surface area contributed by atoms with Crippen LogP contribution in [0.4, 0.5) is 11.4 Å². The highest BCUT2D eigenvalue weighted by Crippen LogP contribution is 2.33. The molecule has 1 aliphatic heterocycles. The van der Waals surface area contributed by atoms with Crippen LogP contribution in [0.15, 0.2) is 24.3 Å². The number of hydrogen-bond acceptors (Lipinski definition) is 3. The van der Waals surface area contributed by atoms with Crippen molar-refractivity contribution in [2.45, 2.75) is 25.8 Å². The normalized spacial score (nSPS) is 16.6. The fourth-order valence-corrected chi connectivity index (χ4v) is 2.72. The first-order valence-corrected chi connectivity index (χ1v) is 6.95. The van der Waals surface area contributed by atoms with Crippen molar-refractivity contribution < 1.29 is 0 Å². The van der Waals surface area contributed by atoms with Crippen LogP contribution in [-0.4, -0.2) is 39.8 Å². The van der Waals surface area contributed by atoms with Crippen molar-refractivity contribution >= 4 is 11.4 Å². The third-order valence-corrected chi connectivity index (χ3v) is 3.86. The summed E-state index contributed by atoms with van der Waals surface area (Å²) in [5.74, 6) is 0. The zero-order chi connectivity index (χ0) is 13.0. The number of fused-ring (bicyclic) bond motifs is 1. The maximum atomic E-state index is 3.23. The summed E-state index contributed by atoms with van der Waals surface area (Å²) in [5.41, 5.74) is 2.76. The van der Waals surface area contributed by atoms with Gasteiger partial charge in [-0.1, -0.05) is 12.1 Å². The van der Waals surface area contributed by atoms with E-state index in [0.717, 1.165) is 19.6 Å². The highest BCUT2D eigenvalue weighted by atomic mass is 15.3. The summed E-state index contributed by atoms with van der Waals surface area (Å²) in [5, 5.41) is 3.23. The smallest absolute Gasteiger partial charge is 0.0607 e. The van der Waals surface area contributed by atoms with E-state index in [0.29, 0.717) is 6.04 Å². The van der Waals surface area contributed by atoms with Gasteiger partial charge in [0.1, 0.15) is 0 Å². The molecule has 0 amide bonds. The second-order valence-electron chi connectivity index (χ2n) is 5.20. The molecule has 0 aliphatic carbocycles. The molecule has 3 nitrogen and oxygen atoms in total. The minimum atomic E-state index is 0.619. The Morgan fingerprint density at radius 2 is 1.94 bits per heavy atom. The predicted octanol–water partition coefficient (Wildman–Crippen LogP) is 2.33. The van der Waals surface area contributed by atoms with Gasteiger partial charge in [-0.05, 0) is 45.5 Å². The zero-order valence-electron chi connectivity index (χ0n) is 11.8. The molecule has 0 bridgehead atoms. The Bertz CT molecular complexity index is 378. The van der Waals surface area contributed by atoms with Crippen LogP contribution in [0.1, 0.15) is 19.8 Å². The molecule has 0 fully saturated rings. The van der Waals surface area contributed by atoms with Crippen LogP contribution >= 0.6 is 0 Å². The number of anilines is 2. The molecule has 2 rings (SSSR count). The molecular formula is C15H25N3. The Balaban J connectivity index is 2.08. The van der Waals surface area contributed by atoms with E-state index in [1.807, 2.05) is 7.05 Å². The molecule has 0 aromatic heterocycles. The maximum Gasteiger partial charge on any atom is 0.0607 e. The van der Waals surface area contributed by atoms with Gasteiger partial charge in [-0.3, -0.25) is 0 Å². The Morgan fingerprint density at radius 1 is 1.22 bits per heavy atom. The van der Waals surface area contributed by atoms with Crippen molar-refractivity contribution in [3.8, 4) is 0 Å². The van der Waals surface area contributed by atoms with Crippen LogP contribution in [0.3, 0.4) is 0 Å². The number of nitrogens with zero attached hydrogens (tertiary/aromatic N) is 2. The molecule has 100 valence electrons. The first-order valence-electron chi connectivity index (χ1n) is 6.95. The number of hydrogen-bond donors (Lipinski definition) is 1. The summed E-state index contributed by atoms with van der Waals surface area (Å²) >= 11 is 0. The summed E-state index contributed by atoms with van der Waals surface area (Å²) in [7, 11) is 4.21. The summed E-state index contributed by atoms with van der Waals surface area (Å²) in [6.07, 6.45) is 2.49. The lowest BCUT2D eigenvalue weighted by molar-refractivity contribution is 0.546. The van der Waals surface area contributed by atoms with Gasteiger partial charge in [0.25, 0.3) is 0 Å². The van der Waals surface area contributed by atoms with E-state index in [4.69, 9.17) is 0 Å². The highest BCUT2D eigenvalue weighted by molar-refractivity contribution is 5.73. The van der Waals surface area contributed by atoms with Gasteiger partial charge < -0.3 is 15.1 Å². The molecular weight excluding hydrogens is 222 g/mol. The molecule has 1 aromatic rings. The van der Waals surface area contributed by atoms with Crippen LogP contribution < -0.4 is 15.1 Å². The molecule has 1 aliphatic rings. The largest absolute Gasteiger partial charge is 0.371 e. The quantitative estimate of drug-likeness (QED) is 0.806. The van der Waals surface area contributed by atoms with Crippen molar-refractivity contribution in [3.63, 3.8) is 0 Å². The van der Waals surface area contributed by atoms with E-state index in [1.54, 1.807) is 0 Å². The molecule has 0 spiro atoms. The van der Waals surface area contributed by atoms with Gasteiger partial charge in [0.05, 0.1) is 11.4 Å². The zero-order valence-corrected chi connectivity index (χ0v) is 11.8. The number of para-hydroxylation sites is 2. The third-order valence-electron chi connectivity index (χ3n) is 3.86. The number of benzene rings is 1.